The number of aromatic nitrogens is 3. The van der Waals surface area contributed by atoms with Gasteiger partial charge in [0.1, 0.15) is 5.69 Å². The van der Waals surface area contributed by atoms with Crippen molar-refractivity contribution in [1.29, 1.82) is 0 Å². The van der Waals surface area contributed by atoms with E-state index in [0.717, 1.165) is 12.8 Å². The van der Waals surface area contributed by atoms with Crippen LogP contribution in [-0.4, -0.2) is 26.5 Å². The van der Waals surface area contributed by atoms with Gasteiger partial charge in [-0.3, -0.25) is 4.79 Å². The van der Waals surface area contributed by atoms with Crippen molar-refractivity contribution in [2.45, 2.75) is 31.7 Å². The van der Waals surface area contributed by atoms with Gasteiger partial charge in [0.15, 0.2) is 5.65 Å². The van der Waals surface area contributed by atoms with Crippen LogP contribution in [0.3, 0.4) is 0 Å². The maximum atomic E-state index is 12.1. The van der Waals surface area contributed by atoms with E-state index in [9.17, 15) is 4.79 Å². The molecule has 0 spiro atoms. The molecule has 0 unspecified atom stereocenters. The number of hydrogen-bond acceptors (Lipinski definition) is 3. The summed E-state index contributed by atoms with van der Waals surface area (Å²) in [5.74, 6) is -0.0620. The van der Waals surface area contributed by atoms with E-state index >= 15 is 0 Å². The summed E-state index contributed by atoms with van der Waals surface area (Å²) in [6.07, 6.45) is 7.87. The van der Waals surface area contributed by atoms with Crippen molar-refractivity contribution < 1.29 is 4.79 Å². The first-order chi connectivity index (χ1) is 8.34. The summed E-state index contributed by atoms with van der Waals surface area (Å²) in [5, 5.41) is 7.16. The van der Waals surface area contributed by atoms with Crippen LogP contribution in [0, 0.1) is 0 Å². The molecule has 1 aliphatic carbocycles. The summed E-state index contributed by atoms with van der Waals surface area (Å²) in [6.45, 7) is 0. The Hall–Kier alpha value is -1.91. The second-order valence-electron chi connectivity index (χ2n) is 4.39. The Morgan fingerprint density at radius 2 is 2.12 bits per heavy atom. The van der Waals surface area contributed by atoms with E-state index in [-0.39, 0.29) is 5.91 Å². The quantitative estimate of drug-likeness (QED) is 0.848. The molecule has 88 valence electrons. The van der Waals surface area contributed by atoms with E-state index < -0.39 is 0 Å². The molecule has 1 N–H and O–H groups in total. The maximum Gasteiger partial charge on any atom is 0.270 e. The lowest BCUT2D eigenvalue weighted by Crippen LogP contribution is -2.33. The summed E-state index contributed by atoms with van der Waals surface area (Å²) in [7, 11) is 0. The smallest absolute Gasteiger partial charge is 0.270 e. The molecule has 2 aromatic rings. The Bertz CT molecular complexity index is 542. The van der Waals surface area contributed by atoms with Crippen molar-refractivity contribution in [3.63, 3.8) is 0 Å². The van der Waals surface area contributed by atoms with Crippen molar-refractivity contribution in [3.8, 4) is 0 Å². The van der Waals surface area contributed by atoms with Gasteiger partial charge in [-0.2, -0.15) is 5.10 Å². The molecular formula is C12H14N4O. The highest BCUT2D eigenvalue weighted by Gasteiger charge is 2.19. The van der Waals surface area contributed by atoms with Crippen molar-refractivity contribution in [2.24, 2.45) is 0 Å². The van der Waals surface area contributed by atoms with Gasteiger partial charge in [-0.15, -0.1) is 0 Å². The predicted molar refractivity (Wildman–Crippen MR) is 62.7 cm³/mol. The van der Waals surface area contributed by atoms with Crippen LogP contribution in [-0.2, 0) is 0 Å². The zero-order valence-corrected chi connectivity index (χ0v) is 9.47. The first kappa shape index (κ1) is 10.3. The highest BCUT2D eigenvalue weighted by molar-refractivity contribution is 5.93. The highest BCUT2D eigenvalue weighted by atomic mass is 16.2. The maximum absolute atomic E-state index is 12.1. The Balaban J connectivity index is 1.87. The fraction of sp³-hybridized carbons (Fsp3) is 0.417. The Morgan fingerprint density at radius 3 is 2.94 bits per heavy atom. The van der Waals surface area contributed by atoms with Crippen molar-refractivity contribution in [2.75, 3.05) is 0 Å². The molecule has 2 heterocycles. The Labute approximate surface area is 98.9 Å². The van der Waals surface area contributed by atoms with Gasteiger partial charge in [0, 0.05) is 18.3 Å². The average Bonchev–Trinajstić information content (AvgIpc) is 2.97. The molecule has 1 aliphatic rings. The third-order valence-electron chi connectivity index (χ3n) is 3.21. The van der Waals surface area contributed by atoms with Gasteiger partial charge in [0.25, 0.3) is 5.91 Å². The second kappa shape index (κ2) is 4.16. The van der Waals surface area contributed by atoms with Crippen LogP contribution in [0.5, 0.6) is 0 Å². The number of carbonyl (C=O) groups excluding carboxylic acids is 1. The molecule has 2 aromatic heterocycles. The molecule has 0 saturated heterocycles. The standard InChI is InChI=1S/C12H14N4O/c17-12(15-9-3-1-2-4-9)10-5-7-13-11-6-8-14-16(10)11/h5-9H,1-4H2,(H,15,17). The SMILES string of the molecule is O=C(NC1CCCC1)c1ccnc2ccnn12. The fourth-order valence-corrected chi connectivity index (χ4v) is 2.34. The summed E-state index contributed by atoms with van der Waals surface area (Å²) in [6, 6.07) is 3.80. The largest absolute Gasteiger partial charge is 0.348 e. The molecular weight excluding hydrogens is 216 g/mol. The van der Waals surface area contributed by atoms with Gasteiger partial charge in [0.05, 0.1) is 6.20 Å². The molecule has 3 rings (SSSR count). The van der Waals surface area contributed by atoms with Gasteiger partial charge in [-0.05, 0) is 18.9 Å². The summed E-state index contributed by atoms with van der Waals surface area (Å²) >= 11 is 0. The van der Waals surface area contributed by atoms with E-state index in [1.165, 1.54) is 12.8 Å². The number of rotatable bonds is 2. The van der Waals surface area contributed by atoms with Gasteiger partial charge in [-0.1, -0.05) is 12.8 Å². The zero-order chi connectivity index (χ0) is 11.7. The van der Waals surface area contributed by atoms with Crippen LogP contribution in [0.1, 0.15) is 36.2 Å². The normalized spacial score (nSPS) is 16.5. The Morgan fingerprint density at radius 1 is 1.29 bits per heavy atom. The summed E-state index contributed by atoms with van der Waals surface area (Å²) in [5.41, 5.74) is 1.25. The van der Waals surface area contributed by atoms with E-state index in [0.29, 0.717) is 17.4 Å². The van der Waals surface area contributed by atoms with Gasteiger partial charge < -0.3 is 5.32 Å². The Kier molecular flexibility index (Phi) is 2.51. The molecule has 5 heteroatoms. The van der Waals surface area contributed by atoms with Crippen LogP contribution >= 0.6 is 0 Å². The number of amides is 1. The van der Waals surface area contributed by atoms with Crippen molar-refractivity contribution in [1.82, 2.24) is 19.9 Å². The molecule has 0 aliphatic heterocycles. The lowest BCUT2D eigenvalue weighted by Gasteiger charge is -2.12. The molecule has 17 heavy (non-hydrogen) atoms. The number of fused-ring (bicyclic) bond motifs is 1. The van der Waals surface area contributed by atoms with Crippen LogP contribution < -0.4 is 5.32 Å². The summed E-state index contributed by atoms with van der Waals surface area (Å²) < 4.78 is 1.57. The molecule has 0 radical (unpaired) electrons. The number of hydrogen-bond donors (Lipinski definition) is 1. The molecule has 5 nitrogen and oxygen atoms in total. The van der Waals surface area contributed by atoms with Gasteiger partial charge in [-0.25, -0.2) is 9.50 Å². The van der Waals surface area contributed by atoms with E-state index in [1.807, 2.05) is 0 Å². The number of carbonyl (C=O) groups is 1. The first-order valence-electron chi connectivity index (χ1n) is 5.94. The number of nitrogens with zero attached hydrogens (tertiary/aromatic N) is 3. The third-order valence-corrected chi connectivity index (χ3v) is 3.21. The molecule has 0 aromatic carbocycles. The second-order valence-corrected chi connectivity index (χ2v) is 4.39. The van der Waals surface area contributed by atoms with E-state index in [2.05, 4.69) is 15.4 Å². The third kappa shape index (κ3) is 1.88. The van der Waals surface area contributed by atoms with Crippen molar-refractivity contribution >= 4 is 11.6 Å². The summed E-state index contributed by atoms with van der Waals surface area (Å²) in [4.78, 5) is 16.2. The minimum Gasteiger partial charge on any atom is -0.348 e. The van der Waals surface area contributed by atoms with Crippen LogP contribution in [0.15, 0.2) is 24.5 Å². The monoisotopic (exact) mass is 230 g/mol. The molecule has 1 saturated carbocycles. The molecule has 0 bridgehead atoms. The molecule has 1 amide bonds. The first-order valence-corrected chi connectivity index (χ1v) is 5.94. The highest BCUT2D eigenvalue weighted by Crippen LogP contribution is 2.18. The zero-order valence-electron chi connectivity index (χ0n) is 9.47. The van der Waals surface area contributed by atoms with E-state index in [1.54, 1.807) is 29.0 Å². The lowest BCUT2D eigenvalue weighted by atomic mass is 10.2. The van der Waals surface area contributed by atoms with Crippen LogP contribution in [0.2, 0.25) is 0 Å². The fourth-order valence-electron chi connectivity index (χ4n) is 2.34. The minimum atomic E-state index is -0.0620. The lowest BCUT2D eigenvalue weighted by molar-refractivity contribution is 0.0930. The molecule has 0 atom stereocenters. The van der Waals surface area contributed by atoms with Gasteiger partial charge in [0.2, 0.25) is 0 Å². The number of nitrogens with one attached hydrogen (secondary N) is 1. The average molecular weight is 230 g/mol. The van der Waals surface area contributed by atoms with Crippen LogP contribution in [0.4, 0.5) is 0 Å². The topological polar surface area (TPSA) is 59.3 Å². The van der Waals surface area contributed by atoms with Gasteiger partial charge >= 0.3 is 0 Å². The predicted octanol–water partition coefficient (Wildman–Crippen LogP) is 1.40. The van der Waals surface area contributed by atoms with Crippen LogP contribution in [0.25, 0.3) is 5.65 Å². The van der Waals surface area contributed by atoms with E-state index in [4.69, 9.17) is 0 Å². The van der Waals surface area contributed by atoms with Crippen molar-refractivity contribution in [3.05, 3.63) is 30.2 Å². The molecule has 1 fully saturated rings. The minimum absolute atomic E-state index is 0.0620.